The second-order valence-corrected chi connectivity index (χ2v) is 3.49. The molecular formula is C12H19NO7. The van der Waals surface area contributed by atoms with Crippen LogP contribution in [-0.2, 0) is 33.4 Å². The number of carbonyl (C=O) groups excluding carboxylic acids is 4. The van der Waals surface area contributed by atoms with Crippen molar-refractivity contribution in [2.24, 2.45) is 0 Å². The van der Waals surface area contributed by atoms with Gasteiger partial charge in [0.05, 0.1) is 19.8 Å². The first-order valence-corrected chi connectivity index (χ1v) is 6.21. The van der Waals surface area contributed by atoms with Crippen LogP contribution in [0.2, 0.25) is 0 Å². The molecular weight excluding hydrogens is 270 g/mol. The van der Waals surface area contributed by atoms with E-state index in [-0.39, 0.29) is 26.2 Å². The summed E-state index contributed by atoms with van der Waals surface area (Å²) in [4.78, 5) is 46.5. The number of rotatable bonds is 9. The van der Waals surface area contributed by atoms with Crippen LogP contribution in [0.1, 0.15) is 20.8 Å². The summed E-state index contributed by atoms with van der Waals surface area (Å²) in [5.41, 5.74) is 0. The number of hydrogen-bond acceptors (Lipinski definition) is 7. The van der Waals surface area contributed by atoms with E-state index in [0.29, 0.717) is 4.90 Å². The normalized spacial score (nSPS) is 9.80. The van der Waals surface area contributed by atoms with E-state index in [4.69, 9.17) is 9.47 Å². The third-order valence-corrected chi connectivity index (χ3v) is 2.10. The van der Waals surface area contributed by atoms with Crippen LogP contribution in [0.4, 0.5) is 0 Å². The van der Waals surface area contributed by atoms with Gasteiger partial charge in [-0.15, -0.1) is 0 Å². The Kier molecular flexibility index (Phi) is 8.73. The maximum atomic E-state index is 11.7. The second kappa shape index (κ2) is 9.76. The van der Waals surface area contributed by atoms with Crippen LogP contribution in [0, 0.1) is 0 Å². The van der Waals surface area contributed by atoms with E-state index in [0.717, 1.165) is 0 Å². The molecule has 1 amide bonds. The van der Waals surface area contributed by atoms with Gasteiger partial charge in [-0.1, -0.05) is 0 Å². The van der Waals surface area contributed by atoms with Crippen molar-refractivity contribution >= 4 is 24.3 Å². The maximum absolute atomic E-state index is 11.7. The molecule has 0 spiro atoms. The fourth-order valence-electron chi connectivity index (χ4n) is 1.35. The van der Waals surface area contributed by atoms with Gasteiger partial charge >= 0.3 is 17.9 Å². The molecule has 0 aromatic carbocycles. The van der Waals surface area contributed by atoms with Crippen LogP contribution in [0.15, 0.2) is 0 Å². The van der Waals surface area contributed by atoms with Gasteiger partial charge in [0.1, 0.15) is 6.54 Å². The van der Waals surface area contributed by atoms with Crippen molar-refractivity contribution in [3.05, 3.63) is 0 Å². The highest BCUT2D eigenvalue weighted by Crippen LogP contribution is 2.04. The van der Waals surface area contributed by atoms with Gasteiger partial charge < -0.3 is 19.1 Å². The van der Waals surface area contributed by atoms with Crippen LogP contribution in [0.25, 0.3) is 0 Å². The Labute approximate surface area is 117 Å². The molecule has 0 saturated heterocycles. The minimum Gasteiger partial charge on any atom is -0.465 e. The lowest BCUT2D eigenvalue weighted by molar-refractivity contribution is -0.167. The monoisotopic (exact) mass is 289 g/mol. The fourth-order valence-corrected chi connectivity index (χ4v) is 1.35. The van der Waals surface area contributed by atoms with Crippen LogP contribution < -0.4 is 0 Å². The summed E-state index contributed by atoms with van der Waals surface area (Å²) in [5.74, 6) is -2.65. The lowest BCUT2D eigenvalue weighted by atomic mass is 10.2. The molecule has 0 saturated carbocycles. The molecule has 0 aromatic heterocycles. The number of hydrogen-bond donors (Lipinski definition) is 0. The van der Waals surface area contributed by atoms with Gasteiger partial charge in [0.2, 0.25) is 12.5 Å². The van der Waals surface area contributed by atoms with E-state index >= 15 is 0 Å². The molecule has 0 fully saturated rings. The number of esters is 3. The minimum absolute atomic E-state index is 0.0286. The first-order chi connectivity index (χ1) is 9.51. The summed E-state index contributed by atoms with van der Waals surface area (Å²) in [6, 6.07) is -1.61. The maximum Gasteiger partial charge on any atom is 0.340 e. The average molecular weight is 289 g/mol. The molecule has 0 N–H and O–H groups in total. The van der Waals surface area contributed by atoms with Crippen LogP contribution >= 0.6 is 0 Å². The molecule has 8 nitrogen and oxygen atoms in total. The van der Waals surface area contributed by atoms with Gasteiger partial charge in [0.15, 0.2) is 0 Å². The van der Waals surface area contributed by atoms with Crippen LogP contribution in [0.3, 0.4) is 0 Å². The van der Waals surface area contributed by atoms with E-state index in [1.807, 2.05) is 0 Å². The van der Waals surface area contributed by atoms with E-state index in [2.05, 4.69) is 4.74 Å². The summed E-state index contributed by atoms with van der Waals surface area (Å²) in [6.45, 7) is 4.33. The minimum atomic E-state index is -1.61. The first kappa shape index (κ1) is 17.9. The lowest BCUT2D eigenvalue weighted by Crippen LogP contribution is -2.50. The molecule has 114 valence electrons. The Balaban J connectivity index is 5.03. The smallest absolute Gasteiger partial charge is 0.340 e. The van der Waals surface area contributed by atoms with Crippen molar-refractivity contribution in [2.75, 3.05) is 26.4 Å². The summed E-state index contributed by atoms with van der Waals surface area (Å²) < 4.78 is 14.1. The highest BCUT2D eigenvalue weighted by Gasteiger charge is 2.36. The fraction of sp³-hybridized carbons (Fsp3) is 0.667. The van der Waals surface area contributed by atoms with Crippen molar-refractivity contribution in [3.63, 3.8) is 0 Å². The predicted octanol–water partition coefficient (Wildman–Crippen LogP) is -0.497. The number of nitrogens with zero attached hydrogens (tertiary/aromatic N) is 1. The average Bonchev–Trinajstić information content (AvgIpc) is 2.38. The molecule has 0 aliphatic heterocycles. The van der Waals surface area contributed by atoms with Crippen molar-refractivity contribution < 1.29 is 33.4 Å². The third-order valence-electron chi connectivity index (χ3n) is 2.10. The zero-order valence-electron chi connectivity index (χ0n) is 11.8. The van der Waals surface area contributed by atoms with Crippen molar-refractivity contribution in [2.45, 2.75) is 26.8 Å². The van der Waals surface area contributed by atoms with Crippen LogP contribution in [0.5, 0.6) is 0 Å². The molecule has 8 heteroatoms. The number of carbonyl (C=O) groups is 4. The predicted molar refractivity (Wildman–Crippen MR) is 66.5 cm³/mol. The zero-order valence-corrected chi connectivity index (χ0v) is 11.8. The highest BCUT2D eigenvalue weighted by molar-refractivity contribution is 6.01. The summed E-state index contributed by atoms with van der Waals surface area (Å²) in [6.07, 6.45) is 0.204. The van der Waals surface area contributed by atoms with Crippen molar-refractivity contribution in [1.82, 2.24) is 4.90 Å². The van der Waals surface area contributed by atoms with Crippen LogP contribution in [-0.4, -0.2) is 61.6 Å². The van der Waals surface area contributed by atoms with E-state index in [1.54, 1.807) is 20.8 Å². The zero-order chi connectivity index (χ0) is 15.5. The molecule has 0 radical (unpaired) electrons. The Hall–Kier alpha value is -2.12. The van der Waals surface area contributed by atoms with Gasteiger partial charge in [0, 0.05) is 0 Å². The van der Waals surface area contributed by atoms with E-state index in [1.165, 1.54) is 0 Å². The summed E-state index contributed by atoms with van der Waals surface area (Å²) in [5, 5.41) is 0. The quantitative estimate of drug-likeness (QED) is 0.244. The number of ether oxygens (including phenoxy) is 3. The van der Waals surface area contributed by atoms with E-state index < -0.39 is 30.5 Å². The summed E-state index contributed by atoms with van der Waals surface area (Å²) in [7, 11) is 0. The standard InChI is InChI=1S/C12H19NO7/c1-4-18-9(15)7-13(8-14)10(11(16)19-5-2)12(17)20-6-3/h8,10H,4-7H2,1-3H3. The molecule has 0 heterocycles. The Bertz CT molecular complexity index is 338. The highest BCUT2D eigenvalue weighted by atomic mass is 16.6. The lowest BCUT2D eigenvalue weighted by Gasteiger charge is -2.23. The summed E-state index contributed by atoms with van der Waals surface area (Å²) >= 11 is 0. The molecule has 0 aliphatic rings. The molecule has 20 heavy (non-hydrogen) atoms. The van der Waals surface area contributed by atoms with Gasteiger partial charge in [-0.25, -0.2) is 9.59 Å². The number of amides is 1. The van der Waals surface area contributed by atoms with Crippen molar-refractivity contribution in [1.29, 1.82) is 0 Å². The SMILES string of the molecule is CCOC(=O)CN(C=O)C(C(=O)OCC)C(=O)OCC. The Morgan fingerprint density at radius 3 is 1.75 bits per heavy atom. The topological polar surface area (TPSA) is 99.2 Å². The molecule has 0 aliphatic carbocycles. The van der Waals surface area contributed by atoms with E-state index in [9.17, 15) is 19.2 Å². The molecule has 0 unspecified atom stereocenters. The van der Waals surface area contributed by atoms with Gasteiger partial charge in [0.25, 0.3) is 0 Å². The Morgan fingerprint density at radius 1 is 0.950 bits per heavy atom. The molecule has 0 bridgehead atoms. The third kappa shape index (κ3) is 5.68. The van der Waals surface area contributed by atoms with Gasteiger partial charge in [-0.05, 0) is 20.8 Å². The molecule has 0 atom stereocenters. The largest absolute Gasteiger partial charge is 0.465 e. The molecule has 0 aromatic rings. The van der Waals surface area contributed by atoms with Crippen molar-refractivity contribution in [3.8, 4) is 0 Å². The second-order valence-electron chi connectivity index (χ2n) is 3.49. The van der Waals surface area contributed by atoms with Gasteiger partial charge in [-0.2, -0.15) is 0 Å². The molecule has 0 rings (SSSR count). The first-order valence-electron chi connectivity index (χ1n) is 6.21. The Morgan fingerprint density at radius 2 is 1.40 bits per heavy atom. The van der Waals surface area contributed by atoms with Gasteiger partial charge in [-0.3, -0.25) is 9.59 Å².